The van der Waals surface area contributed by atoms with Crippen LogP contribution in [0.25, 0.3) is 0 Å². The Bertz CT molecular complexity index is 373. The molecule has 0 aliphatic carbocycles. The SMILES string of the molecule is Cc1cc(S([O-])=S)ccc1C(F)(F)F. The Morgan fingerprint density at radius 3 is 2.29 bits per heavy atom. The van der Waals surface area contributed by atoms with Crippen molar-refractivity contribution in [3.8, 4) is 0 Å². The molecular formula is C8H6F3OS2-. The molecule has 78 valence electrons. The second-order valence-electron chi connectivity index (χ2n) is 2.71. The summed E-state index contributed by atoms with van der Waals surface area (Å²) in [5.74, 6) is 0. The van der Waals surface area contributed by atoms with E-state index < -0.39 is 21.5 Å². The molecule has 1 unspecified atom stereocenters. The molecule has 6 heteroatoms. The van der Waals surface area contributed by atoms with Gasteiger partial charge >= 0.3 is 6.18 Å². The summed E-state index contributed by atoms with van der Waals surface area (Å²) in [5.41, 5.74) is -0.685. The second kappa shape index (κ2) is 3.96. The van der Waals surface area contributed by atoms with Crippen molar-refractivity contribution >= 4 is 20.9 Å². The maximum Gasteiger partial charge on any atom is 0.416 e. The van der Waals surface area contributed by atoms with Crippen LogP contribution in [-0.2, 0) is 27.1 Å². The first kappa shape index (κ1) is 11.6. The van der Waals surface area contributed by atoms with Gasteiger partial charge in [-0.15, -0.1) is 0 Å². The highest BCUT2D eigenvalue weighted by Crippen LogP contribution is 2.32. The summed E-state index contributed by atoms with van der Waals surface area (Å²) in [7, 11) is -1.66. The molecule has 0 saturated heterocycles. The molecule has 0 aromatic heterocycles. The fraction of sp³-hybridized carbons (Fsp3) is 0.250. The number of alkyl halides is 3. The Hall–Kier alpha value is -0.460. The molecule has 1 aromatic rings. The number of aryl methyl sites for hydroxylation is 1. The molecule has 0 amide bonds. The predicted molar refractivity (Wildman–Crippen MR) is 50.0 cm³/mol. The van der Waals surface area contributed by atoms with E-state index in [-0.39, 0.29) is 10.5 Å². The lowest BCUT2D eigenvalue weighted by atomic mass is 10.1. The van der Waals surface area contributed by atoms with E-state index in [0.29, 0.717) is 0 Å². The van der Waals surface area contributed by atoms with E-state index >= 15 is 0 Å². The zero-order valence-electron chi connectivity index (χ0n) is 7.09. The summed E-state index contributed by atoms with van der Waals surface area (Å²) in [5, 5.41) is 0. The third-order valence-electron chi connectivity index (χ3n) is 1.70. The van der Waals surface area contributed by atoms with Crippen molar-refractivity contribution in [1.82, 2.24) is 0 Å². The summed E-state index contributed by atoms with van der Waals surface area (Å²) < 4.78 is 47.6. The summed E-state index contributed by atoms with van der Waals surface area (Å²) in [4.78, 5) is 0.227. The number of benzene rings is 1. The monoisotopic (exact) mass is 239 g/mol. The number of halogens is 3. The van der Waals surface area contributed by atoms with Crippen LogP contribution >= 0.6 is 0 Å². The van der Waals surface area contributed by atoms with Crippen molar-refractivity contribution in [1.29, 1.82) is 0 Å². The maximum atomic E-state index is 12.3. The van der Waals surface area contributed by atoms with Gasteiger partial charge in [0.1, 0.15) is 0 Å². The summed E-state index contributed by atoms with van der Waals surface area (Å²) >= 11 is 4.43. The third-order valence-corrected chi connectivity index (χ3v) is 2.91. The molecule has 0 saturated carbocycles. The molecular weight excluding hydrogens is 233 g/mol. The van der Waals surface area contributed by atoms with Crippen LogP contribution in [0.5, 0.6) is 0 Å². The van der Waals surface area contributed by atoms with Crippen LogP contribution < -0.4 is 0 Å². The van der Waals surface area contributed by atoms with Crippen LogP contribution in [0, 0.1) is 6.92 Å². The standard InChI is InChI=1S/C8H7F3OS2/c1-5-4-6(14(12)13)2-3-7(5)8(9,10)11/h2-4H,1H3,(H,12,13)/p-1. The molecule has 0 aliphatic rings. The van der Waals surface area contributed by atoms with Crippen molar-refractivity contribution in [3.63, 3.8) is 0 Å². The Morgan fingerprint density at radius 1 is 1.36 bits per heavy atom. The van der Waals surface area contributed by atoms with Crippen LogP contribution in [0.15, 0.2) is 23.1 Å². The number of hydrogen-bond acceptors (Lipinski definition) is 2. The molecule has 14 heavy (non-hydrogen) atoms. The van der Waals surface area contributed by atoms with E-state index in [9.17, 15) is 17.7 Å². The van der Waals surface area contributed by atoms with Crippen LogP contribution in [0.3, 0.4) is 0 Å². The minimum absolute atomic E-state index is 0.0354. The van der Waals surface area contributed by atoms with Crippen molar-refractivity contribution < 1.29 is 17.7 Å². The van der Waals surface area contributed by atoms with E-state index in [1.807, 2.05) is 0 Å². The first-order valence-electron chi connectivity index (χ1n) is 3.59. The van der Waals surface area contributed by atoms with Crippen LogP contribution in [0.2, 0.25) is 0 Å². The van der Waals surface area contributed by atoms with Gasteiger partial charge in [0.2, 0.25) is 0 Å². The van der Waals surface area contributed by atoms with Crippen molar-refractivity contribution in [3.05, 3.63) is 29.3 Å². The van der Waals surface area contributed by atoms with Crippen molar-refractivity contribution in [2.75, 3.05) is 0 Å². The van der Waals surface area contributed by atoms with E-state index in [1.165, 1.54) is 13.0 Å². The minimum Gasteiger partial charge on any atom is -0.791 e. The zero-order valence-corrected chi connectivity index (χ0v) is 8.72. The Kier molecular flexibility index (Phi) is 3.28. The Labute approximate surface area is 86.4 Å². The topological polar surface area (TPSA) is 23.1 Å². The highest BCUT2D eigenvalue weighted by atomic mass is 32.8. The molecule has 0 spiro atoms. The fourth-order valence-electron chi connectivity index (χ4n) is 1.06. The Balaban J connectivity index is 3.21. The molecule has 0 aliphatic heterocycles. The van der Waals surface area contributed by atoms with Gasteiger partial charge in [-0.2, -0.15) is 22.9 Å². The molecule has 1 rings (SSSR count). The van der Waals surface area contributed by atoms with Crippen LogP contribution in [0.1, 0.15) is 11.1 Å². The summed E-state index contributed by atoms with van der Waals surface area (Å²) in [6.07, 6.45) is -4.37. The maximum absolute atomic E-state index is 12.3. The summed E-state index contributed by atoms with van der Waals surface area (Å²) in [6.45, 7) is 1.31. The van der Waals surface area contributed by atoms with Gasteiger partial charge in [0.05, 0.1) is 5.56 Å². The number of hydrogen-bond donors (Lipinski definition) is 0. The summed E-state index contributed by atoms with van der Waals surface area (Å²) in [6, 6.07) is 3.24. The lowest BCUT2D eigenvalue weighted by Gasteiger charge is -2.14. The highest BCUT2D eigenvalue weighted by molar-refractivity contribution is 8.25. The number of rotatable bonds is 1. The lowest BCUT2D eigenvalue weighted by Crippen LogP contribution is -2.07. The predicted octanol–water partition coefficient (Wildman–Crippen LogP) is 2.58. The van der Waals surface area contributed by atoms with Gasteiger partial charge in [-0.05, 0) is 35.6 Å². The van der Waals surface area contributed by atoms with Crippen LogP contribution in [-0.4, -0.2) is 4.55 Å². The van der Waals surface area contributed by atoms with E-state index in [4.69, 9.17) is 0 Å². The van der Waals surface area contributed by atoms with E-state index in [2.05, 4.69) is 11.2 Å². The second-order valence-corrected chi connectivity index (χ2v) is 4.56. The minimum atomic E-state index is -4.37. The van der Waals surface area contributed by atoms with Crippen molar-refractivity contribution in [2.24, 2.45) is 0 Å². The molecule has 0 bridgehead atoms. The third kappa shape index (κ3) is 2.52. The quantitative estimate of drug-likeness (QED) is 0.751. The first-order chi connectivity index (χ1) is 6.32. The first-order valence-corrected chi connectivity index (χ1v) is 5.67. The highest BCUT2D eigenvalue weighted by Gasteiger charge is 2.31. The average molecular weight is 239 g/mol. The normalized spacial score (nSPS) is 14.1. The smallest absolute Gasteiger partial charge is 0.416 e. The van der Waals surface area contributed by atoms with Gasteiger partial charge in [-0.3, -0.25) is 0 Å². The molecule has 0 radical (unpaired) electrons. The lowest BCUT2D eigenvalue weighted by molar-refractivity contribution is -0.138. The molecule has 0 N–H and O–H groups in total. The van der Waals surface area contributed by atoms with Crippen molar-refractivity contribution in [2.45, 2.75) is 18.0 Å². The van der Waals surface area contributed by atoms with Gasteiger partial charge < -0.3 is 4.55 Å². The largest absolute Gasteiger partial charge is 0.791 e. The van der Waals surface area contributed by atoms with Gasteiger partial charge in [0.25, 0.3) is 0 Å². The Morgan fingerprint density at radius 2 is 1.93 bits per heavy atom. The molecule has 1 nitrogen and oxygen atoms in total. The zero-order chi connectivity index (χ0) is 10.9. The van der Waals surface area contributed by atoms with Gasteiger partial charge in [0.15, 0.2) is 0 Å². The van der Waals surface area contributed by atoms with E-state index in [0.717, 1.165) is 12.1 Å². The van der Waals surface area contributed by atoms with Gasteiger partial charge in [-0.1, -0.05) is 11.2 Å². The molecule has 1 aromatic carbocycles. The molecule has 0 heterocycles. The van der Waals surface area contributed by atoms with Gasteiger partial charge in [-0.25, -0.2) is 0 Å². The van der Waals surface area contributed by atoms with E-state index in [1.54, 1.807) is 0 Å². The fourth-order valence-corrected chi connectivity index (χ4v) is 1.82. The van der Waals surface area contributed by atoms with Gasteiger partial charge in [0, 0.05) is 0 Å². The van der Waals surface area contributed by atoms with Crippen LogP contribution in [0.4, 0.5) is 13.2 Å². The molecule has 1 atom stereocenters. The average Bonchev–Trinajstić information content (AvgIpc) is 2.01. The molecule has 0 fully saturated rings.